The lowest BCUT2D eigenvalue weighted by Gasteiger charge is -2.18. The van der Waals surface area contributed by atoms with Gasteiger partial charge in [-0.05, 0) is 35.7 Å². The maximum Gasteiger partial charge on any atom is 0.223 e. The zero-order valence-corrected chi connectivity index (χ0v) is 15.0. The highest BCUT2D eigenvalue weighted by molar-refractivity contribution is 5.78. The van der Waals surface area contributed by atoms with Crippen LogP contribution in [-0.2, 0) is 17.9 Å². The zero-order valence-electron chi connectivity index (χ0n) is 15.0. The summed E-state index contributed by atoms with van der Waals surface area (Å²) in [5, 5.41) is 3.30. The maximum atomic E-state index is 11.9. The predicted octanol–water partition coefficient (Wildman–Crippen LogP) is 3.27. The molecule has 0 spiro atoms. The van der Waals surface area contributed by atoms with E-state index in [0.717, 1.165) is 35.3 Å². The first-order chi connectivity index (χ1) is 13.3. The van der Waals surface area contributed by atoms with Crippen molar-refractivity contribution in [3.05, 3.63) is 72.2 Å². The van der Waals surface area contributed by atoms with E-state index in [1.807, 2.05) is 35.2 Å². The lowest BCUT2D eigenvalue weighted by Crippen LogP contribution is -2.24. The summed E-state index contributed by atoms with van der Waals surface area (Å²) in [6, 6.07) is 13.9. The van der Waals surface area contributed by atoms with Crippen LogP contribution in [0.3, 0.4) is 0 Å². The van der Waals surface area contributed by atoms with E-state index in [1.165, 1.54) is 0 Å². The van der Waals surface area contributed by atoms with Gasteiger partial charge in [-0.2, -0.15) is 0 Å². The summed E-state index contributed by atoms with van der Waals surface area (Å²) in [7, 11) is 0. The molecule has 1 N–H and O–H groups in total. The molecule has 6 nitrogen and oxygen atoms in total. The molecule has 0 saturated carbocycles. The van der Waals surface area contributed by atoms with E-state index >= 15 is 0 Å². The molecule has 27 heavy (non-hydrogen) atoms. The molecule has 136 valence electrons. The minimum absolute atomic E-state index is 0.241. The van der Waals surface area contributed by atoms with Gasteiger partial charge in [0.15, 0.2) is 0 Å². The van der Waals surface area contributed by atoms with E-state index in [1.54, 1.807) is 18.6 Å². The number of benzene rings is 1. The summed E-state index contributed by atoms with van der Waals surface area (Å²) >= 11 is 0. The number of hydrogen-bond acceptors (Lipinski definition) is 5. The molecule has 1 aliphatic heterocycles. The van der Waals surface area contributed by atoms with E-state index in [0.29, 0.717) is 25.5 Å². The molecule has 0 radical (unpaired) electrons. The number of nitrogens with zero attached hydrogens (tertiary/aromatic N) is 4. The van der Waals surface area contributed by atoms with Gasteiger partial charge in [0.2, 0.25) is 11.9 Å². The highest BCUT2D eigenvalue weighted by atomic mass is 16.2. The van der Waals surface area contributed by atoms with Crippen LogP contribution in [0.1, 0.15) is 24.0 Å². The Morgan fingerprint density at radius 1 is 1.04 bits per heavy atom. The number of carbonyl (C=O) groups is 1. The quantitative estimate of drug-likeness (QED) is 0.731. The Balaban J connectivity index is 1.47. The molecule has 3 aromatic rings. The topological polar surface area (TPSA) is 71.0 Å². The Morgan fingerprint density at radius 3 is 2.70 bits per heavy atom. The average molecular weight is 359 g/mol. The van der Waals surface area contributed by atoms with Crippen LogP contribution in [0, 0.1) is 0 Å². The molecule has 0 bridgehead atoms. The molecule has 1 aromatic carbocycles. The second-order valence-electron chi connectivity index (χ2n) is 6.55. The molecule has 1 amide bonds. The van der Waals surface area contributed by atoms with Crippen LogP contribution < -0.4 is 5.32 Å². The van der Waals surface area contributed by atoms with Crippen LogP contribution >= 0.6 is 0 Å². The van der Waals surface area contributed by atoms with Gasteiger partial charge < -0.3 is 10.2 Å². The highest BCUT2D eigenvalue weighted by Gasteiger charge is 2.20. The Labute approximate surface area is 158 Å². The Morgan fingerprint density at radius 2 is 1.93 bits per heavy atom. The predicted molar refractivity (Wildman–Crippen MR) is 104 cm³/mol. The summed E-state index contributed by atoms with van der Waals surface area (Å²) in [5.41, 5.74) is 4.09. The summed E-state index contributed by atoms with van der Waals surface area (Å²) in [6.45, 7) is 2.11. The minimum atomic E-state index is 0.241. The smallest absolute Gasteiger partial charge is 0.223 e. The van der Waals surface area contributed by atoms with Crippen LogP contribution in [0.4, 0.5) is 5.95 Å². The monoisotopic (exact) mass is 359 g/mol. The molecular weight excluding hydrogens is 338 g/mol. The summed E-state index contributed by atoms with van der Waals surface area (Å²) in [4.78, 5) is 26.9. The largest absolute Gasteiger partial charge is 0.350 e. The zero-order chi connectivity index (χ0) is 18.5. The molecule has 2 aromatic heterocycles. The number of nitrogens with one attached hydrogen (secondary N) is 1. The van der Waals surface area contributed by atoms with Gasteiger partial charge in [-0.1, -0.05) is 24.3 Å². The van der Waals surface area contributed by atoms with Crippen molar-refractivity contribution >= 4 is 11.9 Å². The number of amides is 1. The van der Waals surface area contributed by atoms with Gasteiger partial charge in [-0.25, -0.2) is 9.97 Å². The minimum Gasteiger partial charge on any atom is -0.350 e. The third-order valence-electron chi connectivity index (χ3n) is 4.70. The average Bonchev–Trinajstić information content (AvgIpc) is 3.13. The number of hydrogen-bond donors (Lipinski definition) is 1. The number of anilines is 1. The summed E-state index contributed by atoms with van der Waals surface area (Å²) in [5.74, 6) is 0.814. The lowest BCUT2D eigenvalue weighted by molar-refractivity contribution is -0.128. The van der Waals surface area contributed by atoms with Crippen molar-refractivity contribution in [2.75, 3.05) is 11.9 Å². The van der Waals surface area contributed by atoms with Crippen molar-refractivity contribution < 1.29 is 4.79 Å². The lowest BCUT2D eigenvalue weighted by atomic mass is 10.1. The van der Waals surface area contributed by atoms with Crippen LogP contribution in [0.5, 0.6) is 0 Å². The van der Waals surface area contributed by atoms with Crippen molar-refractivity contribution in [2.24, 2.45) is 0 Å². The van der Waals surface area contributed by atoms with E-state index in [4.69, 9.17) is 0 Å². The first kappa shape index (κ1) is 17.1. The molecule has 4 rings (SSSR count). The molecule has 6 heteroatoms. The van der Waals surface area contributed by atoms with Gasteiger partial charge in [-0.3, -0.25) is 9.78 Å². The first-order valence-corrected chi connectivity index (χ1v) is 9.11. The van der Waals surface area contributed by atoms with Gasteiger partial charge in [0, 0.05) is 50.2 Å². The number of likely N-dealkylation sites (tertiary alicyclic amines) is 1. The second kappa shape index (κ2) is 7.95. The van der Waals surface area contributed by atoms with Crippen LogP contribution in [0.25, 0.3) is 11.3 Å². The van der Waals surface area contributed by atoms with Crippen LogP contribution in [-0.4, -0.2) is 32.3 Å². The Hall–Kier alpha value is -3.28. The fourth-order valence-electron chi connectivity index (χ4n) is 3.25. The van der Waals surface area contributed by atoms with Crippen molar-refractivity contribution in [1.82, 2.24) is 19.9 Å². The molecule has 3 heterocycles. The molecule has 1 saturated heterocycles. The van der Waals surface area contributed by atoms with Gasteiger partial charge in [0.1, 0.15) is 0 Å². The molecular formula is C21H21N5O. The molecule has 0 aliphatic carbocycles. The normalized spacial score (nSPS) is 13.8. The first-order valence-electron chi connectivity index (χ1n) is 9.11. The van der Waals surface area contributed by atoms with Gasteiger partial charge in [0.05, 0.1) is 5.69 Å². The SMILES string of the molecule is O=C1CCCN1Cc1ccccc1CNc1nccc(-c2cccnc2)n1. The maximum absolute atomic E-state index is 11.9. The molecule has 1 fully saturated rings. The van der Waals surface area contributed by atoms with Crippen molar-refractivity contribution in [3.8, 4) is 11.3 Å². The van der Waals surface area contributed by atoms with Crippen LogP contribution in [0.2, 0.25) is 0 Å². The van der Waals surface area contributed by atoms with E-state index in [2.05, 4.69) is 32.4 Å². The summed E-state index contributed by atoms with van der Waals surface area (Å²) in [6.07, 6.45) is 6.89. The van der Waals surface area contributed by atoms with Crippen molar-refractivity contribution in [3.63, 3.8) is 0 Å². The van der Waals surface area contributed by atoms with Gasteiger partial charge in [0.25, 0.3) is 0 Å². The van der Waals surface area contributed by atoms with Gasteiger partial charge in [-0.15, -0.1) is 0 Å². The highest BCUT2D eigenvalue weighted by Crippen LogP contribution is 2.19. The third-order valence-corrected chi connectivity index (χ3v) is 4.70. The molecule has 0 atom stereocenters. The standard InChI is InChI=1S/C21H21N5O/c27-20-8-4-12-26(20)15-18-6-2-1-5-16(18)14-24-21-23-11-9-19(25-21)17-7-3-10-22-13-17/h1-3,5-7,9-11,13H,4,8,12,14-15H2,(H,23,24,25). The molecule has 0 unspecified atom stereocenters. The molecule has 1 aliphatic rings. The fraction of sp³-hybridized carbons (Fsp3) is 0.238. The van der Waals surface area contributed by atoms with Crippen molar-refractivity contribution in [1.29, 1.82) is 0 Å². The third kappa shape index (κ3) is 4.11. The summed E-state index contributed by atoms with van der Waals surface area (Å²) < 4.78 is 0. The number of pyridine rings is 1. The van der Waals surface area contributed by atoms with Crippen molar-refractivity contribution in [2.45, 2.75) is 25.9 Å². The van der Waals surface area contributed by atoms with E-state index < -0.39 is 0 Å². The van der Waals surface area contributed by atoms with E-state index in [9.17, 15) is 4.79 Å². The number of carbonyl (C=O) groups excluding carboxylic acids is 1. The number of aromatic nitrogens is 3. The van der Waals surface area contributed by atoms with Crippen LogP contribution in [0.15, 0.2) is 61.1 Å². The van der Waals surface area contributed by atoms with Gasteiger partial charge >= 0.3 is 0 Å². The second-order valence-corrected chi connectivity index (χ2v) is 6.55. The Kier molecular flexibility index (Phi) is 5.05. The number of rotatable bonds is 6. The Bertz CT molecular complexity index is 929. The van der Waals surface area contributed by atoms with E-state index in [-0.39, 0.29) is 5.91 Å². The fourth-order valence-corrected chi connectivity index (χ4v) is 3.25.